The molecule has 8 nitrogen and oxygen atoms in total. The minimum atomic E-state index is -0.886. The van der Waals surface area contributed by atoms with Crippen LogP contribution in [0.2, 0.25) is 0 Å². The fraction of sp³-hybridized carbons (Fsp3) is 0.156. The first-order chi connectivity index (χ1) is 19.8. The Morgan fingerprint density at radius 3 is 2.17 bits per heavy atom. The molecule has 0 fully saturated rings. The topological polar surface area (TPSA) is 108 Å². The molecule has 0 amide bonds. The maximum atomic E-state index is 13.7. The van der Waals surface area contributed by atoms with Gasteiger partial charge in [0.1, 0.15) is 28.2 Å². The summed E-state index contributed by atoms with van der Waals surface area (Å²) in [6.45, 7) is 5.25. The van der Waals surface area contributed by atoms with E-state index in [1.807, 2.05) is 31.2 Å². The predicted octanol–water partition coefficient (Wildman–Crippen LogP) is 7.05. The summed E-state index contributed by atoms with van der Waals surface area (Å²) in [5.41, 5.74) is 0.994. The molecule has 0 aliphatic rings. The zero-order valence-corrected chi connectivity index (χ0v) is 24.2. The molecule has 0 radical (unpaired) electrons. The lowest BCUT2D eigenvalue weighted by atomic mass is 9.95. The Balaban J connectivity index is 2.05. The van der Waals surface area contributed by atoms with E-state index in [2.05, 4.69) is 15.9 Å². The summed E-state index contributed by atoms with van der Waals surface area (Å²) >= 11 is 3.44. The number of esters is 2. The molecule has 0 spiro atoms. The highest BCUT2D eigenvalue weighted by Crippen LogP contribution is 2.45. The Hall–Kier alpha value is -4.63. The van der Waals surface area contributed by atoms with Gasteiger partial charge in [-0.3, -0.25) is 0 Å². The monoisotopic (exact) mass is 615 g/mol. The molecular weight excluding hydrogens is 590 g/mol. The van der Waals surface area contributed by atoms with E-state index in [9.17, 15) is 19.5 Å². The lowest BCUT2D eigenvalue weighted by Crippen LogP contribution is -2.17. The molecule has 2 heterocycles. The summed E-state index contributed by atoms with van der Waals surface area (Å²) in [7, 11) is 0. The normalized spacial score (nSPS) is 11.0. The molecule has 0 saturated carbocycles. The Bertz CT molecular complexity index is 1830. The number of aromatic nitrogens is 1. The first-order valence-electron chi connectivity index (χ1n) is 13.0. The second-order valence-corrected chi connectivity index (χ2v) is 10.1. The summed E-state index contributed by atoms with van der Waals surface area (Å²) in [4.78, 5) is 41.0. The van der Waals surface area contributed by atoms with Crippen LogP contribution in [0.25, 0.3) is 39.0 Å². The molecule has 3 aromatic carbocycles. The Morgan fingerprint density at radius 2 is 1.51 bits per heavy atom. The van der Waals surface area contributed by atoms with Crippen LogP contribution in [0.3, 0.4) is 0 Å². The van der Waals surface area contributed by atoms with Gasteiger partial charge in [-0.1, -0.05) is 57.9 Å². The summed E-state index contributed by atoms with van der Waals surface area (Å²) < 4.78 is 18.8. The number of aromatic hydroxyl groups is 1. The van der Waals surface area contributed by atoms with E-state index in [4.69, 9.17) is 13.9 Å². The maximum absolute atomic E-state index is 13.7. The number of carbonyl (C=O) groups excluding carboxylic acids is 2. The van der Waals surface area contributed by atoms with E-state index in [-0.39, 0.29) is 52.3 Å². The third-order valence-electron chi connectivity index (χ3n) is 6.56. The van der Waals surface area contributed by atoms with Crippen LogP contribution < -0.4 is 5.63 Å². The second kappa shape index (κ2) is 11.5. The molecule has 0 saturated heterocycles. The van der Waals surface area contributed by atoms with Gasteiger partial charge >= 0.3 is 17.6 Å². The molecule has 0 bridgehead atoms. The van der Waals surface area contributed by atoms with Gasteiger partial charge in [-0.05, 0) is 62.7 Å². The van der Waals surface area contributed by atoms with Crippen LogP contribution >= 0.6 is 15.9 Å². The van der Waals surface area contributed by atoms with Crippen molar-refractivity contribution < 1.29 is 28.6 Å². The highest BCUT2D eigenvalue weighted by Gasteiger charge is 2.37. The van der Waals surface area contributed by atoms with Crippen molar-refractivity contribution in [3.8, 4) is 33.8 Å². The summed E-state index contributed by atoms with van der Waals surface area (Å²) in [5.74, 6) is -2.05. The van der Waals surface area contributed by atoms with Gasteiger partial charge in [0.15, 0.2) is 0 Å². The molecule has 0 unspecified atom stereocenters. The maximum Gasteiger partial charge on any atom is 0.356 e. The van der Waals surface area contributed by atoms with Crippen molar-refractivity contribution in [3.63, 3.8) is 0 Å². The minimum absolute atomic E-state index is 0.00216. The van der Waals surface area contributed by atoms with Crippen LogP contribution in [0.15, 0.2) is 86.5 Å². The van der Waals surface area contributed by atoms with E-state index < -0.39 is 17.6 Å². The molecular formula is C32H26BrNO7. The van der Waals surface area contributed by atoms with Crippen LogP contribution in [0, 0.1) is 6.92 Å². The van der Waals surface area contributed by atoms with Crippen molar-refractivity contribution in [1.82, 2.24) is 4.57 Å². The fourth-order valence-corrected chi connectivity index (χ4v) is 5.06. The van der Waals surface area contributed by atoms with E-state index in [0.717, 1.165) is 10.0 Å². The number of ether oxygens (including phenoxy) is 2. The highest BCUT2D eigenvalue weighted by molar-refractivity contribution is 9.10. The van der Waals surface area contributed by atoms with Crippen molar-refractivity contribution in [2.45, 2.75) is 20.8 Å². The highest BCUT2D eigenvalue weighted by atomic mass is 79.9. The number of rotatable bonds is 7. The van der Waals surface area contributed by atoms with Crippen LogP contribution in [-0.4, -0.2) is 34.8 Å². The summed E-state index contributed by atoms with van der Waals surface area (Å²) in [6.07, 6.45) is 0. The molecule has 208 valence electrons. The number of carbonyl (C=O) groups is 2. The zero-order chi connectivity index (χ0) is 29.3. The summed E-state index contributed by atoms with van der Waals surface area (Å²) in [6, 6.07) is 21.0. The Kier molecular flexibility index (Phi) is 7.81. The average molecular weight is 616 g/mol. The van der Waals surface area contributed by atoms with Gasteiger partial charge < -0.3 is 23.6 Å². The zero-order valence-electron chi connectivity index (χ0n) is 22.6. The van der Waals surface area contributed by atoms with E-state index in [0.29, 0.717) is 16.9 Å². The number of aryl methyl sites for hydroxylation is 1. The number of halogens is 1. The number of hydrogen-bond acceptors (Lipinski definition) is 7. The standard InChI is InChI=1S/C32H26BrNO7/c1-4-39-30(36)25-24(26-29(35)22-8-6-7-9-23(22)41-31(26)37)27(19-12-10-18(3)11-13-19)34(28(25)32(38)40-5-2)21-16-14-20(33)15-17-21/h6-17,35H,4-5H2,1-3H3. The molecule has 41 heavy (non-hydrogen) atoms. The molecule has 5 aromatic rings. The molecule has 9 heteroatoms. The molecule has 0 atom stereocenters. The van der Waals surface area contributed by atoms with E-state index in [1.54, 1.807) is 66.9 Å². The van der Waals surface area contributed by atoms with Crippen LogP contribution in [0.1, 0.15) is 40.3 Å². The largest absolute Gasteiger partial charge is 0.506 e. The van der Waals surface area contributed by atoms with Gasteiger partial charge in [-0.25, -0.2) is 14.4 Å². The molecule has 1 N–H and O–H groups in total. The summed E-state index contributed by atoms with van der Waals surface area (Å²) in [5, 5.41) is 11.8. The van der Waals surface area contributed by atoms with Crippen molar-refractivity contribution in [1.29, 1.82) is 0 Å². The van der Waals surface area contributed by atoms with Crippen LogP contribution in [0.4, 0.5) is 0 Å². The fourth-order valence-electron chi connectivity index (χ4n) is 4.80. The smallest absolute Gasteiger partial charge is 0.356 e. The van der Waals surface area contributed by atoms with Crippen molar-refractivity contribution in [2.24, 2.45) is 0 Å². The van der Waals surface area contributed by atoms with Gasteiger partial charge in [0.2, 0.25) is 0 Å². The molecule has 0 aliphatic heterocycles. The van der Waals surface area contributed by atoms with Gasteiger partial charge in [0, 0.05) is 15.7 Å². The molecule has 2 aromatic heterocycles. The number of nitrogens with zero attached hydrogens (tertiary/aromatic N) is 1. The van der Waals surface area contributed by atoms with Crippen LogP contribution in [-0.2, 0) is 9.47 Å². The quantitative estimate of drug-likeness (QED) is 0.154. The Labute approximate surface area is 243 Å². The van der Waals surface area contributed by atoms with Gasteiger partial charge in [-0.2, -0.15) is 0 Å². The van der Waals surface area contributed by atoms with E-state index >= 15 is 0 Å². The lowest BCUT2D eigenvalue weighted by molar-refractivity contribution is 0.0473. The number of fused-ring (bicyclic) bond motifs is 1. The third-order valence-corrected chi connectivity index (χ3v) is 7.09. The van der Waals surface area contributed by atoms with Crippen molar-refractivity contribution in [2.75, 3.05) is 13.2 Å². The molecule has 0 aliphatic carbocycles. The number of benzene rings is 3. The first-order valence-corrected chi connectivity index (χ1v) is 13.8. The van der Waals surface area contributed by atoms with Gasteiger partial charge in [0.05, 0.1) is 24.3 Å². The number of hydrogen-bond donors (Lipinski definition) is 1. The minimum Gasteiger partial charge on any atom is -0.506 e. The van der Waals surface area contributed by atoms with E-state index in [1.165, 1.54) is 0 Å². The average Bonchev–Trinajstić information content (AvgIpc) is 3.30. The Morgan fingerprint density at radius 1 is 0.878 bits per heavy atom. The molecule has 5 rings (SSSR count). The van der Waals surface area contributed by atoms with Gasteiger partial charge in [0.25, 0.3) is 0 Å². The van der Waals surface area contributed by atoms with Crippen LogP contribution in [0.5, 0.6) is 5.75 Å². The first kappa shape index (κ1) is 27.9. The lowest BCUT2D eigenvalue weighted by Gasteiger charge is -2.15. The van der Waals surface area contributed by atoms with Gasteiger partial charge in [-0.15, -0.1) is 0 Å². The number of para-hydroxylation sites is 1. The van der Waals surface area contributed by atoms with Crippen molar-refractivity contribution >= 4 is 38.8 Å². The SMILES string of the molecule is CCOC(=O)c1c(-c2c(O)c3ccccc3oc2=O)c(-c2ccc(C)cc2)n(-c2ccc(Br)cc2)c1C(=O)OCC. The van der Waals surface area contributed by atoms with Crippen molar-refractivity contribution in [3.05, 3.63) is 105 Å². The predicted molar refractivity (Wildman–Crippen MR) is 159 cm³/mol. The third kappa shape index (κ3) is 5.04. The second-order valence-electron chi connectivity index (χ2n) is 9.18.